The Morgan fingerprint density at radius 1 is 1.14 bits per heavy atom. The summed E-state index contributed by atoms with van der Waals surface area (Å²) in [6.07, 6.45) is 6.42. The van der Waals surface area contributed by atoms with E-state index in [1.807, 2.05) is 18.5 Å². The first-order valence-corrected chi connectivity index (χ1v) is 7.77. The van der Waals surface area contributed by atoms with Crippen molar-refractivity contribution in [2.75, 3.05) is 26.7 Å². The van der Waals surface area contributed by atoms with Gasteiger partial charge in [-0.1, -0.05) is 24.3 Å². The van der Waals surface area contributed by atoms with Crippen molar-refractivity contribution in [2.24, 2.45) is 0 Å². The lowest BCUT2D eigenvalue weighted by atomic mass is 10.00. The highest BCUT2D eigenvalue weighted by Gasteiger charge is 2.17. The van der Waals surface area contributed by atoms with E-state index in [1.54, 1.807) is 0 Å². The fourth-order valence-corrected chi connectivity index (χ4v) is 3.06. The molecule has 2 aromatic rings. The minimum atomic E-state index is 0.389. The average Bonchev–Trinajstić information content (AvgIpc) is 3.07. The normalized spacial score (nSPS) is 17.0. The summed E-state index contributed by atoms with van der Waals surface area (Å²) in [5, 5.41) is 3.47. The van der Waals surface area contributed by atoms with Gasteiger partial charge in [-0.25, -0.2) is 0 Å². The molecular formula is C18H23N3. The van der Waals surface area contributed by atoms with Crippen molar-refractivity contribution in [3.63, 3.8) is 0 Å². The Kier molecular flexibility index (Phi) is 4.63. The number of rotatable bonds is 5. The lowest BCUT2D eigenvalue weighted by Crippen LogP contribution is -2.31. The van der Waals surface area contributed by atoms with Crippen LogP contribution in [-0.2, 0) is 0 Å². The van der Waals surface area contributed by atoms with Gasteiger partial charge in [0.25, 0.3) is 0 Å². The van der Waals surface area contributed by atoms with Crippen molar-refractivity contribution in [3.8, 4) is 11.1 Å². The number of pyridine rings is 1. The number of nitrogens with zero attached hydrogens (tertiary/aromatic N) is 2. The molecule has 1 aliphatic rings. The largest absolute Gasteiger partial charge is 0.312 e. The van der Waals surface area contributed by atoms with Gasteiger partial charge >= 0.3 is 0 Å². The summed E-state index contributed by atoms with van der Waals surface area (Å²) in [6, 6.07) is 13.3. The molecule has 1 unspecified atom stereocenters. The standard InChI is InChI=1S/C18H23N3/c1-19-18(14-21-10-2-3-11-21)16-7-4-6-15(12-16)17-8-5-9-20-13-17/h4-9,12-13,18-19H,2-3,10-11,14H2,1H3. The molecule has 110 valence electrons. The molecule has 0 aliphatic carbocycles. The number of nitrogens with one attached hydrogen (secondary N) is 1. The summed E-state index contributed by atoms with van der Waals surface area (Å²) < 4.78 is 0. The van der Waals surface area contributed by atoms with Crippen LogP contribution in [0.15, 0.2) is 48.8 Å². The maximum Gasteiger partial charge on any atom is 0.0447 e. The van der Waals surface area contributed by atoms with E-state index >= 15 is 0 Å². The monoisotopic (exact) mass is 281 g/mol. The van der Waals surface area contributed by atoms with E-state index in [0.717, 1.165) is 6.54 Å². The third-order valence-corrected chi connectivity index (χ3v) is 4.27. The Morgan fingerprint density at radius 2 is 1.95 bits per heavy atom. The number of hydrogen-bond acceptors (Lipinski definition) is 3. The highest BCUT2D eigenvalue weighted by atomic mass is 15.2. The molecule has 3 heteroatoms. The van der Waals surface area contributed by atoms with Crippen LogP contribution in [0.4, 0.5) is 0 Å². The summed E-state index contributed by atoms with van der Waals surface area (Å²) in [6.45, 7) is 3.56. The Labute approximate surface area is 127 Å². The number of likely N-dealkylation sites (N-methyl/N-ethyl adjacent to an activating group) is 1. The van der Waals surface area contributed by atoms with Gasteiger partial charge in [-0.05, 0) is 61.8 Å². The lowest BCUT2D eigenvalue weighted by Gasteiger charge is -2.24. The second kappa shape index (κ2) is 6.83. The molecule has 21 heavy (non-hydrogen) atoms. The molecule has 0 radical (unpaired) electrons. The highest BCUT2D eigenvalue weighted by Crippen LogP contribution is 2.24. The second-order valence-electron chi connectivity index (χ2n) is 5.72. The fourth-order valence-electron chi connectivity index (χ4n) is 3.06. The zero-order valence-electron chi connectivity index (χ0n) is 12.6. The van der Waals surface area contributed by atoms with Gasteiger partial charge < -0.3 is 10.2 Å². The number of aromatic nitrogens is 1. The first-order valence-electron chi connectivity index (χ1n) is 7.77. The SMILES string of the molecule is CNC(CN1CCCC1)c1cccc(-c2cccnc2)c1. The summed E-state index contributed by atoms with van der Waals surface area (Å²) in [5.74, 6) is 0. The van der Waals surface area contributed by atoms with Gasteiger partial charge in [-0.2, -0.15) is 0 Å². The average molecular weight is 281 g/mol. The topological polar surface area (TPSA) is 28.2 Å². The fraction of sp³-hybridized carbons (Fsp3) is 0.389. The van der Waals surface area contributed by atoms with Crippen LogP contribution >= 0.6 is 0 Å². The van der Waals surface area contributed by atoms with Crippen molar-refractivity contribution < 1.29 is 0 Å². The number of hydrogen-bond donors (Lipinski definition) is 1. The molecule has 3 nitrogen and oxygen atoms in total. The van der Waals surface area contributed by atoms with Crippen molar-refractivity contribution in [3.05, 3.63) is 54.4 Å². The Morgan fingerprint density at radius 3 is 2.67 bits per heavy atom. The van der Waals surface area contributed by atoms with Crippen LogP contribution in [-0.4, -0.2) is 36.6 Å². The molecule has 3 rings (SSSR count). The minimum absolute atomic E-state index is 0.389. The van der Waals surface area contributed by atoms with Crippen molar-refractivity contribution in [2.45, 2.75) is 18.9 Å². The maximum atomic E-state index is 4.22. The van der Waals surface area contributed by atoms with Crippen LogP contribution in [0.25, 0.3) is 11.1 Å². The van der Waals surface area contributed by atoms with Gasteiger partial charge in [0.2, 0.25) is 0 Å². The van der Waals surface area contributed by atoms with Gasteiger partial charge in [0.15, 0.2) is 0 Å². The van der Waals surface area contributed by atoms with E-state index in [-0.39, 0.29) is 0 Å². The van der Waals surface area contributed by atoms with Gasteiger partial charge in [-0.3, -0.25) is 4.98 Å². The number of benzene rings is 1. The lowest BCUT2D eigenvalue weighted by molar-refractivity contribution is 0.299. The number of likely N-dealkylation sites (tertiary alicyclic amines) is 1. The molecule has 1 aromatic heterocycles. The molecule has 0 saturated carbocycles. The molecule has 1 N–H and O–H groups in total. The molecule has 1 aromatic carbocycles. The van der Waals surface area contributed by atoms with Gasteiger partial charge in [0.05, 0.1) is 0 Å². The molecule has 0 spiro atoms. The summed E-state index contributed by atoms with van der Waals surface area (Å²) in [5.41, 5.74) is 3.77. The van der Waals surface area contributed by atoms with E-state index in [0.29, 0.717) is 6.04 Å². The quantitative estimate of drug-likeness (QED) is 0.913. The van der Waals surface area contributed by atoms with Crippen molar-refractivity contribution in [1.29, 1.82) is 0 Å². The second-order valence-corrected chi connectivity index (χ2v) is 5.72. The molecule has 1 fully saturated rings. The third-order valence-electron chi connectivity index (χ3n) is 4.27. The van der Waals surface area contributed by atoms with Crippen molar-refractivity contribution in [1.82, 2.24) is 15.2 Å². The zero-order valence-corrected chi connectivity index (χ0v) is 12.6. The molecule has 1 saturated heterocycles. The van der Waals surface area contributed by atoms with E-state index in [1.165, 1.54) is 42.6 Å². The Balaban J connectivity index is 1.80. The Bertz CT molecular complexity index is 562. The van der Waals surface area contributed by atoms with Gasteiger partial charge in [-0.15, -0.1) is 0 Å². The first kappa shape index (κ1) is 14.2. The predicted molar refractivity (Wildman–Crippen MR) is 87.1 cm³/mol. The maximum absolute atomic E-state index is 4.22. The van der Waals surface area contributed by atoms with Crippen LogP contribution in [0, 0.1) is 0 Å². The minimum Gasteiger partial charge on any atom is -0.312 e. The van der Waals surface area contributed by atoms with E-state index in [2.05, 4.69) is 52.6 Å². The van der Waals surface area contributed by atoms with E-state index in [9.17, 15) is 0 Å². The van der Waals surface area contributed by atoms with E-state index < -0.39 is 0 Å². The molecule has 2 heterocycles. The molecule has 1 atom stereocenters. The summed E-state index contributed by atoms with van der Waals surface area (Å²) in [4.78, 5) is 6.77. The van der Waals surface area contributed by atoms with Gasteiger partial charge in [0, 0.05) is 25.0 Å². The summed E-state index contributed by atoms with van der Waals surface area (Å²) in [7, 11) is 2.05. The molecule has 1 aliphatic heterocycles. The predicted octanol–water partition coefficient (Wildman–Crippen LogP) is 3.10. The van der Waals surface area contributed by atoms with Crippen molar-refractivity contribution >= 4 is 0 Å². The van der Waals surface area contributed by atoms with E-state index in [4.69, 9.17) is 0 Å². The molecule has 0 bridgehead atoms. The van der Waals surface area contributed by atoms with Crippen LogP contribution in [0.5, 0.6) is 0 Å². The van der Waals surface area contributed by atoms with Crippen LogP contribution in [0.1, 0.15) is 24.4 Å². The van der Waals surface area contributed by atoms with Gasteiger partial charge in [0.1, 0.15) is 0 Å². The third kappa shape index (κ3) is 3.49. The molecule has 0 amide bonds. The summed E-state index contributed by atoms with van der Waals surface area (Å²) >= 11 is 0. The van der Waals surface area contributed by atoms with Crippen LogP contribution < -0.4 is 5.32 Å². The van der Waals surface area contributed by atoms with Crippen LogP contribution in [0.2, 0.25) is 0 Å². The molecular weight excluding hydrogens is 258 g/mol. The van der Waals surface area contributed by atoms with Crippen LogP contribution in [0.3, 0.4) is 0 Å². The zero-order chi connectivity index (χ0) is 14.5. The Hall–Kier alpha value is -1.71. The first-order chi connectivity index (χ1) is 10.4. The smallest absolute Gasteiger partial charge is 0.0447 e. The highest BCUT2D eigenvalue weighted by molar-refractivity contribution is 5.63.